The highest BCUT2D eigenvalue weighted by Crippen LogP contribution is 2.33. The van der Waals surface area contributed by atoms with Crippen molar-refractivity contribution in [3.63, 3.8) is 0 Å². The van der Waals surface area contributed by atoms with E-state index in [0.29, 0.717) is 12.1 Å². The van der Waals surface area contributed by atoms with Crippen LogP contribution in [0.1, 0.15) is 16.1 Å². The van der Waals surface area contributed by atoms with Gasteiger partial charge < -0.3 is 5.32 Å². The second-order valence-corrected chi connectivity index (χ2v) is 6.09. The van der Waals surface area contributed by atoms with Crippen molar-refractivity contribution in [1.29, 1.82) is 0 Å². The third-order valence-electron chi connectivity index (χ3n) is 3.44. The minimum Gasteiger partial charge on any atom is -0.320 e. The topological polar surface area (TPSA) is 144 Å². The molecule has 0 bridgehead atoms. The Bertz CT molecular complexity index is 1160. The number of amides is 1. The zero-order valence-electron chi connectivity index (χ0n) is 13.8. The number of aromatic nitrogens is 5. The third kappa shape index (κ3) is 3.84. The number of carbonyl (C=O) groups excluding carboxylic acids is 1. The Morgan fingerprint density at radius 3 is 2.57 bits per heavy atom. The number of hydrogen-bond acceptors (Lipinski definition) is 6. The Morgan fingerprint density at radius 1 is 1.25 bits per heavy atom. The normalized spacial score (nSPS) is 12.8. The number of aryl methyl sites for hydroxylation is 1. The number of alkyl halides is 3. The van der Waals surface area contributed by atoms with Crippen molar-refractivity contribution in [2.75, 3.05) is 10.0 Å². The molecule has 3 N–H and O–H groups in total. The average molecular weight is 417 g/mol. The molecule has 0 aliphatic rings. The molecule has 15 heteroatoms. The molecule has 1 amide bonds. The van der Waals surface area contributed by atoms with Crippen molar-refractivity contribution in [3.05, 3.63) is 46.3 Å². The number of benzene rings is 1. The van der Waals surface area contributed by atoms with Gasteiger partial charge in [-0.1, -0.05) is 5.21 Å². The number of nitrogens with one attached hydrogen (secondary N) is 2. The number of rotatable bonds is 4. The van der Waals surface area contributed by atoms with E-state index in [1.54, 1.807) is 0 Å². The SMILES string of the molecule is Cn1nnc2c(C(=O)Nc3cc(NS(=O)O)cc(C(F)(F)F)c3)ncn2c1=O. The lowest BCUT2D eigenvalue weighted by atomic mass is 10.1. The first-order valence-electron chi connectivity index (χ1n) is 7.24. The number of nitrogens with zero attached hydrogens (tertiary/aromatic N) is 5. The Hall–Kier alpha value is -3.33. The van der Waals surface area contributed by atoms with E-state index in [-0.39, 0.29) is 22.7 Å². The summed E-state index contributed by atoms with van der Waals surface area (Å²) in [6.07, 6.45) is -3.75. The van der Waals surface area contributed by atoms with Crippen LogP contribution in [-0.4, -0.2) is 39.0 Å². The van der Waals surface area contributed by atoms with E-state index in [0.717, 1.165) is 21.5 Å². The van der Waals surface area contributed by atoms with Crippen molar-refractivity contribution >= 4 is 34.2 Å². The maximum absolute atomic E-state index is 13.0. The summed E-state index contributed by atoms with van der Waals surface area (Å²) < 4.78 is 62.5. The zero-order valence-corrected chi connectivity index (χ0v) is 14.6. The van der Waals surface area contributed by atoms with Gasteiger partial charge in [-0.2, -0.15) is 17.9 Å². The van der Waals surface area contributed by atoms with Crippen molar-refractivity contribution in [2.45, 2.75) is 6.18 Å². The van der Waals surface area contributed by atoms with Crippen LogP contribution in [0.4, 0.5) is 24.5 Å². The quantitative estimate of drug-likeness (QED) is 0.529. The Morgan fingerprint density at radius 2 is 1.93 bits per heavy atom. The van der Waals surface area contributed by atoms with Gasteiger partial charge in [-0.3, -0.25) is 14.1 Å². The van der Waals surface area contributed by atoms with Gasteiger partial charge in [-0.15, -0.1) is 5.10 Å². The average Bonchev–Trinajstić information content (AvgIpc) is 3.01. The molecular formula is C13H10F3N7O4S. The maximum atomic E-state index is 13.0. The zero-order chi connectivity index (χ0) is 20.6. The molecule has 1 unspecified atom stereocenters. The molecule has 0 spiro atoms. The molecule has 1 atom stereocenters. The van der Waals surface area contributed by atoms with E-state index in [4.69, 9.17) is 4.55 Å². The third-order valence-corrected chi connectivity index (χ3v) is 3.85. The lowest BCUT2D eigenvalue weighted by Gasteiger charge is -2.12. The Labute approximate surface area is 155 Å². The summed E-state index contributed by atoms with van der Waals surface area (Å²) >= 11 is -2.63. The number of anilines is 2. The maximum Gasteiger partial charge on any atom is 0.416 e. The van der Waals surface area contributed by atoms with Crippen LogP contribution in [0, 0.1) is 0 Å². The fourth-order valence-corrected chi connectivity index (χ4v) is 2.57. The van der Waals surface area contributed by atoms with E-state index in [9.17, 15) is 27.0 Å². The summed E-state index contributed by atoms with van der Waals surface area (Å²) in [7, 11) is 1.33. The van der Waals surface area contributed by atoms with Crippen LogP contribution in [0.2, 0.25) is 0 Å². The minimum atomic E-state index is -4.77. The summed E-state index contributed by atoms with van der Waals surface area (Å²) in [5.74, 6) is -0.958. The molecule has 11 nitrogen and oxygen atoms in total. The number of carbonyl (C=O) groups is 1. The number of imidazole rings is 1. The fraction of sp³-hybridized carbons (Fsp3) is 0.154. The van der Waals surface area contributed by atoms with Crippen LogP contribution in [0.15, 0.2) is 29.3 Å². The lowest BCUT2D eigenvalue weighted by molar-refractivity contribution is -0.137. The summed E-state index contributed by atoms with van der Waals surface area (Å²) in [5.41, 5.74) is -3.01. The standard InChI is InChI=1S/C13H10F3N7O4S/c1-22-12(25)23-5-17-9(10(23)19-21-22)11(24)18-7-2-6(13(14,15)16)3-8(4-7)20-28(26)27/h2-5,20H,1H3,(H,18,24)(H,26,27). The van der Waals surface area contributed by atoms with E-state index in [2.05, 4.69) is 20.6 Å². The fourth-order valence-electron chi connectivity index (χ4n) is 2.25. The molecule has 0 aliphatic heterocycles. The second kappa shape index (κ2) is 7.01. The molecular weight excluding hydrogens is 407 g/mol. The number of fused-ring (bicyclic) bond motifs is 1. The molecule has 0 fully saturated rings. The molecule has 148 valence electrons. The van der Waals surface area contributed by atoms with E-state index < -0.39 is 34.6 Å². The molecule has 3 rings (SSSR count). The van der Waals surface area contributed by atoms with Crippen LogP contribution in [0.3, 0.4) is 0 Å². The molecule has 1 aromatic carbocycles. The highest BCUT2D eigenvalue weighted by Gasteiger charge is 2.31. The molecule has 0 aliphatic carbocycles. The second-order valence-electron chi connectivity index (χ2n) is 5.38. The van der Waals surface area contributed by atoms with Gasteiger partial charge in [-0.05, 0) is 18.2 Å². The summed E-state index contributed by atoms with van der Waals surface area (Å²) in [6, 6.07) is 2.25. The first kappa shape index (κ1) is 19.4. The van der Waals surface area contributed by atoms with Gasteiger partial charge >= 0.3 is 11.9 Å². The summed E-state index contributed by atoms with van der Waals surface area (Å²) in [4.78, 5) is 28.0. The predicted octanol–water partition coefficient (Wildman–Crippen LogP) is 0.643. The van der Waals surface area contributed by atoms with Gasteiger partial charge in [0.1, 0.15) is 6.33 Å². The van der Waals surface area contributed by atoms with E-state index in [1.807, 2.05) is 4.72 Å². The van der Waals surface area contributed by atoms with Gasteiger partial charge in [0, 0.05) is 12.7 Å². The summed E-state index contributed by atoms with van der Waals surface area (Å²) in [6.45, 7) is 0. The molecule has 0 saturated carbocycles. The van der Waals surface area contributed by atoms with Gasteiger partial charge in [0.15, 0.2) is 11.3 Å². The van der Waals surface area contributed by atoms with Crippen molar-refractivity contribution in [3.8, 4) is 0 Å². The highest BCUT2D eigenvalue weighted by atomic mass is 32.2. The monoisotopic (exact) mass is 417 g/mol. The molecule has 28 heavy (non-hydrogen) atoms. The van der Waals surface area contributed by atoms with E-state index >= 15 is 0 Å². The van der Waals surface area contributed by atoms with Gasteiger partial charge in [0.25, 0.3) is 17.2 Å². The predicted molar refractivity (Wildman–Crippen MR) is 89.8 cm³/mol. The summed E-state index contributed by atoms with van der Waals surface area (Å²) in [5, 5.41) is 9.36. The van der Waals surface area contributed by atoms with Crippen LogP contribution in [0.5, 0.6) is 0 Å². The first-order valence-corrected chi connectivity index (χ1v) is 8.35. The van der Waals surface area contributed by atoms with Gasteiger partial charge in [0.05, 0.1) is 11.3 Å². The molecule has 0 radical (unpaired) electrons. The lowest BCUT2D eigenvalue weighted by Crippen LogP contribution is -2.27. The number of halogens is 3. The number of hydrogen-bond donors (Lipinski definition) is 3. The van der Waals surface area contributed by atoms with Crippen LogP contribution < -0.4 is 15.7 Å². The Balaban J connectivity index is 1.99. The molecule has 2 heterocycles. The van der Waals surface area contributed by atoms with Crippen molar-refractivity contribution in [2.24, 2.45) is 7.05 Å². The largest absolute Gasteiger partial charge is 0.416 e. The minimum absolute atomic E-state index is 0.192. The van der Waals surface area contributed by atoms with Crippen LogP contribution in [-0.2, 0) is 24.5 Å². The molecule has 2 aromatic heterocycles. The van der Waals surface area contributed by atoms with Crippen LogP contribution in [0.25, 0.3) is 5.65 Å². The molecule has 3 aromatic rings. The van der Waals surface area contributed by atoms with Gasteiger partial charge in [0.2, 0.25) is 0 Å². The highest BCUT2D eigenvalue weighted by molar-refractivity contribution is 7.80. The first-order chi connectivity index (χ1) is 13.1. The Kier molecular flexibility index (Phi) is 4.86. The smallest absolute Gasteiger partial charge is 0.320 e. The van der Waals surface area contributed by atoms with Crippen molar-refractivity contribution < 1.29 is 26.7 Å². The van der Waals surface area contributed by atoms with Gasteiger partial charge in [-0.25, -0.2) is 18.4 Å². The van der Waals surface area contributed by atoms with Crippen molar-refractivity contribution in [1.82, 2.24) is 24.4 Å². The molecule has 0 saturated heterocycles. The van der Waals surface area contributed by atoms with E-state index in [1.165, 1.54) is 7.05 Å². The van der Waals surface area contributed by atoms with Crippen LogP contribution >= 0.6 is 0 Å².